The monoisotopic (exact) mass is 342 g/mol. The average Bonchev–Trinajstić information content (AvgIpc) is 3.04. The molecule has 0 spiro atoms. The highest BCUT2D eigenvalue weighted by Gasteiger charge is 2.36. The van der Waals surface area contributed by atoms with Crippen LogP contribution < -0.4 is 5.32 Å². The zero-order valence-electron chi connectivity index (χ0n) is 15.4. The molecule has 1 N–H and O–H groups in total. The number of ether oxygens (including phenoxy) is 1. The molecule has 0 fully saturated rings. The van der Waals surface area contributed by atoms with E-state index in [4.69, 9.17) is 4.74 Å². The van der Waals surface area contributed by atoms with E-state index in [1.807, 2.05) is 71.0 Å². The van der Waals surface area contributed by atoms with Gasteiger partial charge >= 0.3 is 6.09 Å². The van der Waals surface area contributed by atoms with E-state index in [-0.39, 0.29) is 11.5 Å². The van der Waals surface area contributed by atoms with Gasteiger partial charge in [-0.25, -0.2) is 14.5 Å². The minimum Gasteiger partial charge on any atom is -0.443 e. The standard InChI is InChI=1S/C19H26N4O2/c1-14(2)11-16(23-13-20-12-21-23)17(19(3,4)5)25-18(24)22-15-9-7-6-8-10-15/h6-13,16-17H,1-5H3,(H,22,24). The Labute approximate surface area is 148 Å². The van der Waals surface area contributed by atoms with Crippen LogP contribution in [-0.2, 0) is 4.74 Å². The number of nitrogens with one attached hydrogen (secondary N) is 1. The van der Waals surface area contributed by atoms with E-state index < -0.39 is 12.2 Å². The highest BCUT2D eigenvalue weighted by atomic mass is 16.6. The first-order chi connectivity index (χ1) is 11.8. The molecule has 0 bridgehead atoms. The molecule has 0 radical (unpaired) electrons. The zero-order chi connectivity index (χ0) is 18.4. The van der Waals surface area contributed by atoms with Crippen LogP contribution in [0.25, 0.3) is 0 Å². The van der Waals surface area contributed by atoms with Gasteiger partial charge < -0.3 is 4.74 Å². The van der Waals surface area contributed by atoms with E-state index in [9.17, 15) is 4.79 Å². The number of rotatable bonds is 5. The van der Waals surface area contributed by atoms with Gasteiger partial charge in [0, 0.05) is 11.1 Å². The molecule has 1 aromatic heterocycles. The second-order valence-corrected chi connectivity index (χ2v) is 7.29. The summed E-state index contributed by atoms with van der Waals surface area (Å²) < 4.78 is 7.54. The summed E-state index contributed by atoms with van der Waals surface area (Å²) in [6.07, 6.45) is 4.25. The fourth-order valence-corrected chi connectivity index (χ4v) is 2.56. The fraction of sp³-hybridized carbons (Fsp3) is 0.421. The minimum atomic E-state index is -0.488. The molecule has 2 aromatic rings. The van der Waals surface area contributed by atoms with Gasteiger partial charge in [0.05, 0.1) is 0 Å². The molecule has 0 saturated heterocycles. The van der Waals surface area contributed by atoms with Crippen molar-refractivity contribution in [1.82, 2.24) is 14.8 Å². The van der Waals surface area contributed by atoms with Crippen molar-refractivity contribution >= 4 is 11.8 Å². The maximum absolute atomic E-state index is 12.4. The molecule has 25 heavy (non-hydrogen) atoms. The van der Waals surface area contributed by atoms with Gasteiger partial charge in [-0.3, -0.25) is 5.32 Å². The quantitative estimate of drug-likeness (QED) is 0.815. The van der Waals surface area contributed by atoms with Crippen molar-refractivity contribution in [3.63, 3.8) is 0 Å². The van der Waals surface area contributed by atoms with Crippen LogP contribution in [-0.4, -0.2) is 27.0 Å². The SMILES string of the molecule is CC(C)=CC(C(OC(=O)Nc1ccccc1)C(C)(C)C)n1cncn1. The van der Waals surface area contributed by atoms with Gasteiger partial charge in [-0.2, -0.15) is 5.10 Å². The molecule has 1 aromatic carbocycles. The summed E-state index contributed by atoms with van der Waals surface area (Å²) in [5.41, 5.74) is 1.51. The summed E-state index contributed by atoms with van der Waals surface area (Å²) in [4.78, 5) is 16.5. The Morgan fingerprint density at radius 3 is 2.44 bits per heavy atom. The summed E-state index contributed by atoms with van der Waals surface area (Å²) in [7, 11) is 0. The van der Waals surface area contributed by atoms with Crippen LogP contribution in [0.5, 0.6) is 0 Å². The number of nitrogens with zero attached hydrogens (tertiary/aromatic N) is 3. The number of benzene rings is 1. The van der Waals surface area contributed by atoms with Gasteiger partial charge in [0.25, 0.3) is 0 Å². The molecule has 0 saturated carbocycles. The number of allylic oxidation sites excluding steroid dienone is 1. The number of anilines is 1. The summed E-state index contributed by atoms with van der Waals surface area (Å²) in [5, 5.41) is 7.02. The van der Waals surface area contributed by atoms with Gasteiger partial charge in [0.1, 0.15) is 24.8 Å². The smallest absolute Gasteiger partial charge is 0.412 e. The topological polar surface area (TPSA) is 69.0 Å². The van der Waals surface area contributed by atoms with Crippen molar-refractivity contribution in [2.75, 3.05) is 5.32 Å². The third-order valence-corrected chi connectivity index (χ3v) is 3.66. The molecule has 6 heteroatoms. The first-order valence-electron chi connectivity index (χ1n) is 8.29. The van der Waals surface area contributed by atoms with Crippen molar-refractivity contribution < 1.29 is 9.53 Å². The molecular formula is C19H26N4O2. The highest BCUT2D eigenvalue weighted by molar-refractivity contribution is 5.84. The minimum absolute atomic E-state index is 0.242. The summed E-state index contributed by atoms with van der Waals surface area (Å²) in [6.45, 7) is 10.1. The third kappa shape index (κ3) is 5.45. The van der Waals surface area contributed by atoms with E-state index in [1.54, 1.807) is 11.0 Å². The molecule has 0 aliphatic carbocycles. The van der Waals surface area contributed by atoms with E-state index in [1.165, 1.54) is 6.33 Å². The van der Waals surface area contributed by atoms with Crippen molar-refractivity contribution in [3.8, 4) is 0 Å². The van der Waals surface area contributed by atoms with Crippen LogP contribution >= 0.6 is 0 Å². The molecular weight excluding hydrogens is 316 g/mol. The molecule has 2 rings (SSSR count). The number of carbonyl (C=O) groups excluding carboxylic acids is 1. The summed E-state index contributed by atoms with van der Waals surface area (Å²) >= 11 is 0. The summed E-state index contributed by atoms with van der Waals surface area (Å²) in [6, 6.07) is 9.01. The molecule has 134 valence electrons. The first kappa shape index (κ1) is 18.7. The lowest BCUT2D eigenvalue weighted by Crippen LogP contribution is -2.40. The Morgan fingerprint density at radius 1 is 1.24 bits per heavy atom. The van der Waals surface area contributed by atoms with Crippen LogP contribution in [0.1, 0.15) is 40.7 Å². The Bertz CT molecular complexity index is 699. The number of hydrogen-bond donors (Lipinski definition) is 1. The number of amides is 1. The highest BCUT2D eigenvalue weighted by Crippen LogP contribution is 2.32. The predicted octanol–water partition coefficient (Wildman–Crippen LogP) is 4.45. The van der Waals surface area contributed by atoms with Crippen LogP contribution in [0.3, 0.4) is 0 Å². The molecule has 1 heterocycles. The molecule has 2 atom stereocenters. The fourth-order valence-electron chi connectivity index (χ4n) is 2.56. The second kappa shape index (κ2) is 7.96. The maximum atomic E-state index is 12.4. The first-order valence-corrected chi connectivity index (χ1v) is 8.29. The normalized spacial score (nSPS) is 13.6. The second-order valence-electron chi connectivity index (χ2n) is 7.29. The molecule has 0 aliphatic heterocycles. The number of carbonyl (C=O) groups is 1. The third-order valence-electron chi connectivity index (χ3n) is 3.66. The van der Waals surface area contributed by atoms with Crippen LogP contribution in [0.4, 0.5) is 10.5 Å². The average molecular weight is 342 g/mol. The van der Waals surface area contributed by atoms with E-state index in [0.29, 0.717) is 5.69 Å². The Morgan fingerprint density at radius 2 is 1.92 bits per heavy atom. The molecule has 1 amide bonds. The van der Waals surface area contributed by atoms with E-state index in [0.717, 1.165) is 5.57 Å². The van der Waals surface area contributed by atoms with Gasteiger partial charge in [0.15, 0.2) is 0 Å². The lowest BCUT2D eigenvalue weighted by Gasteiger charge is -2.35. The van der Waals surface area contributed by atoms with Gasteiger partial charge in [0.2, 0.25) is 0 Å². The van der Waals surface area contributed by atoms with E-state index >= 15 is 0 Å². The van der Waals surface area contributed by atoms with Crippen molar-refractivity contribution in [2.24, 2.45) is 5.41 Å². The largest absolute Gasteiger partial charge is 0.443 e. The number of para-hydroxylation sites is 1. The number of aromatic nitrogens is 3. The van der Waals surface area contributed by atoms with Crippen molar-refractivity contribution in [2.45, 2.75) is 46.8 Å². The predicted molar refractivity (Wildman–Crippen MR) is 98.3 cm³/mol. The maximum Gasteiger partial charge on any atom is 0.412 e. The van der Waals surface area contributed by atoms with Crippen molar-refractivity contribution in [3.05, 3.63) is 54.6 Å². The molecule has 2 unspecified atom stereocenters. The van der Waals surface area contributed by atoms with Crippen LogP contribution in [0.15, 0.2) is 54.6 Å². The molecule has 6 nitrogen and oxygen atoms in total. The molecule has 0 aliphatic rings. The lowest BCUT2D eigenvalue weighted by atomic mass is 9.84. The van der Waals surface area contributed by atoms with Gasteiger partial charge in [-0.1, -0.05) is 50.6 Å². The zero-order valence-corrected chi connectivity index (χ0v) is 15.4. The Kier molecular flexibility index (Phi) is 5.96. The number of hydrogen-bond acceptors (Lipinski definition) is 4. The summed E-state index contributed by atoms with van der Waals surface area (Å²) in [5.74, 6) is 0. The van der Waals surface area contributed by atoms with Crippen LogP contribution in [0, 0.1) is 5.41 Å². The van der Waals surface area contributed by atoms with Crippen molar-refractivity contribution in [1.29, 1.82) is 0 Å². The lowest BCUT2D eigenvalue weighted by molar-refractivity contribution is 0.0124. The van der Waals surface area contributed by atoms with Gasteiger partial charge in [-0.15, -0.1) is 0 Å². The van der Waals surface area contributed by atoms with Gasteiger partial charge in [-0.05, 0) is 26.0 Å². The Balaban J connectivity index is 2.25. The van der Waals surface area contributed by atoms with Crippen LogP contribution in [0.2, 0.25) is 0 Å². The van der Waals surface area contributed by atoms with E-state index in [2.05, 4.69) is 15.4 Å². The Hall–Kier alpha value is -2.63.